The van der Waals surface area contributed by atoms with Crippen LogP contribution in [0.4, 0.5) is 0 Å². The first-order chi connectivity index (χ1) is 8.84. The summed E-state index contributed by atoms with van der Waals surface area (Å²) in [6.45, 7) is 2.04. The van der Waals surface area contributed by atoms with Crippen molar-refractivity contribution in [3.05, 3.63) is 21.9 Å². The van der Waals surface area contributed by atoms with Crippen LogP contribution in [0.1, 0.15) is 35.9 Å². The van der Waals surface area contributed by atoms with E-state index >= 15 is 0 Å². The van der Waals surface area contributed by atoms with Crippen molar-refractivity contribution in [1.29, 1.82) is 0 Å². The highest BCUT2D eigenvalue weighted by Gasteiger charge is 2.47. The summed E-state index contributed by atoms with van der Waals surface area (Å²) >= 11 is 1.52. The third-order valence-electron chi connectivity index (χ3n) is 3.44. The Balaban J connectivity index is 2.01. The fraction of sp³-hybridized carbons (Fsp3) is 0.615. The summed E-state index contributed by atoms with van der Waals surface area (Å²) in [6.07, 6.45) is 2.30. The summed E-state index contributed by atoms with van der Waals surface area (Å²) in [5, 5.41) is 8.82. The zero-order valence-corrected chi connectivity index (χ0v) is 12.5. The lowest BCUT2D eigenvalue weighted by Gasteiger charge is -2.12. The molecule has 0 amide bonds. The van der Waals surface area contributed by atoms with E-state index in [4.69, 9.17) is 5.11 Å². The molecule has 1 aromatic rings. The normalized spacial score (nSPS) is 17.3. The summed E-state index contributed by atoms with van der Waals surface area (Å²) in [6, 6.07) is 3.82. The largest absolute Gasteiger partial charge is 0.481 e. The van der Waals surface area contributed by atoms with Crippen molar-refractivity contribution in [1.82, 2.24) is 0 Å². The second-order valence-electron chi connectivity index (χ2n) is 5.32. The van der Waals surface area contributed by atoms with E-state index in [0.29, 0.717) is 12.8 Å². The van der Waals surface area contributed by atoms with Crippen LogP contribution < -0.4 is 0 Å². The summed E-state index contributed by atoms with van der Waals surface area (Å²) in [5.41, 5.74) is -0.491. The average Bonchev–Trinajstić information content (AvgIpc) is 2.86. The van der Waals surface area contributed by atoms with Crippen LogP contribution in [0, 0.1) is 5.41 Å². The van der Waals surface area contributed by atoms with Gasteiger partial charge >= 0.3 is 5.97 Å². The molecule has 1 aliphatic rings. The molecule has 0 spiro atoms. The molecule has 2 rings (SSSR count). The molecule has 6 heteroatoms. The lowest BCUT2D eigenvalue weighted by Crippen LogP contribution is -2.21. The summed E-state index contributed by atoms with van der Waals surface area (Å²) < 4.78 is 24.3. The van der Waals surface area contributed by atoms with Crippen molar-refractivity contribution in [3.63, 3.8) is 0 Å². The summed E-state index contributed by atoms with van der Waals surface area (Å²) in [5.74, 6) is -0.859. The van der Waals surface area contributed by atoms with Gasteiger partial charge in [0.15, 0.2) is 9.84 Å². The molecule has 1 saturated carbocycles. The van der Waals surface area contributed by atoms with Crippen molar-refractivity contribution >= 4 is 27.1 Å². The first kappa shape index (κ1) is 14.5. The standard InChI is InChI=1S/C13H18O4S2/c1-2-10-3-4-11(18-10)8-19(16,17)9-13(5-6-13)7-12(14)15/h3-4H,2,5-9H2,1H3,(H,14,15). The Bertz CT molecular complexity index is 567. The number of rotatable bonds is 7. The molecule has 106 valence electrons. The smallest absolute Gasteiger partial charge is 0.303 e. The SMILES string of the molecule is CCc1ccc(CS(=O)(=O)CC2(CC(=O)O)CC2)s1. The van der Waals surface area contributed by atoms with E-state index in [2.05, 4.69) is 0 Å². The van der Waals surface area contributed by atoms with Crippen LogP contribution >= 0.6 is 11.3 Å². The van der Waals surface area contributed by atoms with Crippen LogP contribution in [0.3, 0.4) is 0 Å². The van der Waals surface area contributed by atoms with Crippen LogP contribution in [0.15, 0.2) is 12.1 Å². The van der Waals surface area contributed by atoms with Crippen molar-refractivity contribution in [2.24, 2.45) is 5.41 Å². The average molecular weight is 302 g/mol. The minimum absolute atomic E-state index is 0.00561. The van der Waals surface area contributed by atoms with E-state index < -0.39 is 21.2 Å². The van der Waals surface area contributed by atoms with Gasteiger partial charge in [-0.25, -0.2) is 8.42 Å². The number of carbonyl (C=O) groups is 1. The lowest BCUT2D eigenvalue weighted by molar-refractivity contribution is -0.138. The third-order valence-corrected chi connectivity index (χ3v) is 6.65. The van der Waals surface area contributed by atoms with Gasteiger partial charge < -0.3 is 5.11 Å². The first-order valence-corrected chi connectivity index (χ1v) is 8.98. The minimum atomic E-state index is -3.22. The third kappa shape index (κ3) is 4.04. The highest BCUT2D eigenvalue weighted by atomic mass is 32.2. The van der Waals surface area contributed by atoms with Crippen molar-refractivity contribution in [3.8, 4) is 0 Å². The highest BCUT2D eigenvalue weighted by molar-refractivity contribution is 7.90. The molecule has 0 aromatic carbocycles. The molecule has 0 saturated heterocycles. The predicted molar refractivity (Wildman–Crippen MR) is 75.1 cm³/mol. The van der Waals surface area contributed by atoms with E-state index in [1.807, 2.05) is 19.1 Å². The maximum atomic E-state index is 12.1. The van der Waals surface area contributed by atoms with Gasteiger partial charge in [0.2, 0.25) is 0 Å². The van der Waals surface area contributed by atoms with Crippen LogP contribution in [0.25, 0.3) is 0 Å². The Labute approximate surface area is 117 Å². The molecule has 0 atom stereocenters. The Morgan fingerprint density at radius 2 is 2.00 bits per heavy atom. The van der Waals surface area contributed by atoms with Crippen LogP contribution in [-0.4, -0.2) is 25.2 Å². The number of hydrogen-bond donors (Lipinski definition) is 1. The van der Waals surface area contributed by atoms with E-state index in [9.17, 15) is 13.2 Å². The van der Waals surface area contributed by atoms with Gasteiger partial charge in [-0.1, -0.05) is 6.92 Å². The Hall–Kier alpha value is -0.880. The molecular weight excluding hydrogens is 284 g/mol. The predicted octanol–water partition coefficient (Wildman–Crippen LogP) is 2.48. The Kier molecular flexibility index (Phi) is 4.01. The van der Waals surface area contributed by atoms with Gasteiger partial charge in [-0.2, -0.15) is 0 Å². The van der Waals surface area contributed by atoms with Gasteiger partial charge in [0.05, 0.1) is 17.9 Å². The van der Waals surface area contributed by atoms with E-state index in [0.717, 1.165) is 11.3 Å². The Morgan fingerprint density at radius 3 is 2.47 bits per heavy atom. The quantitative estimate of drug-likeness (QED) is 0.840. The number of thiophene rings is 1. The summed E-state index contributed by atoms with van der Waals surface area (Å²) in [7, 11) is -3.22. The van der Waals surface area contributed by atoms with E-state index in [1.54, 1.807) is 0 Å². The molecule has 1 aromatic heterocycles. The second-order valence-corrected chi connectivity index (χ2v) is 8.64. The monoisotopic (exact) mass is 302 g/mol. The Morgan fingerprint density at radius 1 is 1.37 bits per heavy atom. The van der Waals surface area contributed by atoms with Gasteiger partial charge in [0.25, 0.3) is 0 Å². The molecule has 1 N–H and O–H groups in total. The molecule has 0 aliphatic heterocycles. The number of hydrogen-bond acceptors (Lipinski definition) is 4. The second kappa shape index (κ2) is 5.25. The van der Waals surface area contributed by atoms with E-state index in [-0.39, 0.29) is 17.9 Å². The summed E-state index contributed by atoms with van der Waals surface area (Å²) in [4.78, 5) is 12.8. The van der Waals surface area contributed by atoms with Gasteiger partial charge in [-0.05, 0) is 36.8 Å². The van der Waals surface area contributed by atoms with Crippen molar-refractivity contribution in [2.75, 3.05) is 5.75 Å². The number of carboxylic acids is 1. The number of carboxylic acid groups (broad SMARTS) is 1. The molecule has 4 nitrogen and oxygen atoms in total. The van der Waals surface area contributed by atoms with E-state index in [1.165, 1.54) is 16.2 Å². The molecule has 19 heavy (non-hydrogen) atoms. The molecule has 0 radical (unpaired) electrons. The van der Waals surface area contributed by atoms with Gasteiger partial charge in [0, 0.05) is 9.75 Å². The first-order valence-electron chi connectivity index (χ1n) is 6.34. The minimum Gasteiger partial charge on any atom is -0.481 e. The van der Waals surface area contributed by atoms with Gasteiger partial charge in [0.1, 0.15) is 0 Å². The molecular formula is C13H18O4S2. The topological polar surface area (TPSA) is 71.4 Å². The van der Waals surface area contributed by atoms with Crippen LogP contribution in [0.5, 0.6) is 0 Å². The fourth-order valence-electron chi connectivity index (χ4n) is 2.29. The zero-order chi connectivity index (χ0) is 14.1. The number of aliphatic carboxylic acids is 1. The molecule has 1 fully saturated rings. The maximum absolute atomic E-state index is 12.1. The number of aryl methyl sites for hydroxylation is 1. The molecule has 0 unspecified atom stereocenters. The number of sulfone groups is 1. The maximum Gasteiger partial charge on any atom is 0.303 e. The van der Waals surface area contributed by atoms with Crippen LogP contribution in [0.2, 0.25) is 0 Å². The zero-order valence-electron chi connectivity index (χ0n) is 10.9. The fourth-order valence-corrected chi connectivity index (χ4v) is 5.78. The van der Waals surface area contributed by atoms with Crippen LogP contribution in [-0.2, 0) is 26.8 Å². The van der Waals surface area contributed by atoms with Gasteiger partial charge in [-0.15, -0.1) is 11.3 Å². The molecule has 1 heterocycles. The highest BCUT2D eigenvalue weighted by Crippen LogP contribution is 2.50. The van der Waals surface area contributed by atoms with Crippen molar-refractivity contribution < 1.29 is 18.3 Å². The van der Waals surface area contributed by atoms with Crippen molar-refractivity contribution in [2.45, 2.75) is 38.4 Å². The lowest BCUT2D eigenvalue weighted by atomic mass is 10.1. The molecule has 1 aliphatic carbocycles. The van der Waals surface area contributed by atoms with Gasteiger partial charge in [-0.3, -0.25) is 4.79 Å². The molecule has 0 bridgehead atoms.